The number of carbonyl (C=O) groups is 1. The minimum absolute atomic E-state index is 0.00554. The van der Waals surface area contributed by atoms with Crippen molar-refractivity contribution in [1.29, 1.82) is 0 Å². The Balaban J connectivity index is 1.25. The van der Waals surface area contributed by atoms with Crippen LogP contribution in [0.1, 0.15) is 93.2 Å². The number of rotatable bonds is 9. The van der Waals surface area contributed by atoms with Crippen LogP contribution in [0.3, 0.4) is 0 Å². The first-order chi connectivity index (χ1) is 20.7. The summed E-state index contributed by atoms with van der Waals surface area (Å²) in [7, 11) is 0. The first-order valence-corrected chi connectivity index (χ1v) is 16.6. The zero-order valence-electron chi connectivity index (χ0n) is 25.3. The van der Waals surface area contributed by atoms with E-state index in [1.807, 2.05) is 0 Å². The maximum absolute atomic E-state index is 12.1. The third-order valence-electron chi connectivity index (χ3n) is 11.5. The number of piperidine rings is 1. The lowest BCUT2D eigenvalue weighted by Gasteiger charge is -2.56. The molecule has 8 heteroatoms. The number of fused-ring (bicyclic) bond motifs is 5. The van der Waals surface area contributed by atoms with Crippen molar-refractivity contribution in [2.24, 2.45) is 17.3 Å². The third kappa shape index (κ3) is 5.85. The highest BCUT2D eigenvalue weighted by Crippen LogP contribution is 2.68. The molecule has 3 N–H and O–H groups in total. The van der Waals surface area contributed by atoms with E-state index in [9.17, 15) is 15.0 Å². The molecule has 0 spiro atoms. The average Bonchev–Trinajstić information content (AvgIpc) is 3.27. The summed E-state index contributed by atoms with van der Waals surface area (Å²) in [6, 6.07) is 12.3. The lowest BCUT2D eigenvalue weighted by Crippen LogP contribution is -2.53. The summed E-state index contributed by atoms with van der Waals surface area (Å²) in [4.78, 5) is 13.6. The molecule has 1 heterocycles. The second-order valence-electron chi connectivity index (χ2n) is 13.6. The fourth-order valence-corrected chi connectivity index (χ4v) is 9.62. The number of phenolic OH excluding ortho intramolecular Hbond substituents is 1. The molecule has 6 atom stereocenters. The first kappa shape index (κ1) is 30.5. The maximum Gasteiger partial charge on any atom is 0.505 e. The van der Waals surface area contributed by atoms with E-state index in [0.29, 0.717) is 36.3 Å². The Morgan fingerprint density at radius 3 is 2.58 bits per heavy atom. The van der Waals surface area contributed by atoms with Gasteiger partial charge in [-0.2, -0.15) is 0 Å². The van der Waals surface area contributed by atoms with E-state index in [1.165, 1.54) is 43.5 Å². The van der Waals surface area contributed by atoms with Gasteiger partial charge < -0.3 is 29.7 Å². The second kappa shape index (κ2) is 12.5. The van der Waals surface area contributed by atoms with Gasteiger partial charge in [-0.05, 0) is 123 Å². The number of benzene rings is 2. The minimum Gasteiger partial charge on any atom is -0.506 e. The van der Waals surface area contributed by atoms with E-state index in [1.54, 1.807) is 6.07 Å². The Hall–Kier alpha value is -2.48. The normalized spacial score (nSPS) is 32.0. The van der Waals surface area contributed by atoms with Gasteiger partial charge in [0, 0.05) is 18.4 Å². The molecule has 0 radical (unpaired) electrons. The van der Waals surface area contributed by atoms with Gasteiger partial charge in [-0.3, -0.25) is 0 Å². The van der Waals surface area contributed by atoms with Crippen molar-refractivity contribution in [2.75, 3.05) is 32.8 Å². The number of phenols is 1. The minimum atomic E-state index is -1.30. The van der Waals surface area contributed by atoms with E-state index >= 15 is 0 Å². The third-order valence-corrected chi connectivity index (χ3v) is 12.0. The molecule has 0 bridgehead atoms. The van der Waals surface area contributed by atoms with E-state index in [2.05, 4.69) is 42.2 Å². The van der Waals surface area contributed by atoms with Gasteiger partial charge in [0.05, 0.1) is 23.8 Å². The van der Waals surface area contributed by atoms with E-state index in [-0.39, 0.29) is 29.6 Å². The Labute approximate surface area is 260 Å². The molecular weight excluding hydrogens is 566 g/mol. The maximum atomic E-state index is 12.1. The highest BCUT2D eigenvalue weighted by molar-refractivity contribution is 6.32. The Morgan fingerprint density at radius 1 is 1.07 bits per heavy atom. The molecular formula is C35H46ClNO6. The fraction of sp³-hybridized carbons (Fsp3) is 0.629. The summed E-state index contributed by atoms with van der Waals surface area (Å²) in [6.45, 7) is 6.40. The van der Waals surface area contributed by atoms with E-state index < -0.39 is 11.8 Å². The van der Waals surface area contributed by atoms with Crippen LogP contribution in [0.4, 0.5) is 4.79 Å². The quantitative estimate of drug-likeness (QED) is 0.201. The highest BCUT2D eigenvalue weighted by Gasteiger charge is 2.63. The predicted octanol–water partition coefficient (Wildman–Crippen LogP) is 7.37. The molecule has 2 aromatic rings. The molecule has 3 aliphatic carbocycles. The summed E-state index contributed by atoms with van der Waals surface area (Å²) >= 11 is 6.66. The predicted molar refractivity (Wildman–Crippen MR) is 166 cm³/mol. The molecule has 234 valence electrons. The smallest absolute Gasteiger partial charge is 0.505 e. The van der Waals surface area contributed by atoms with Gasteiger partial charge in [-0.25, -0.2) is 4.79 Å². The van der Waals surface area contributed by atoms with Gasteiger partial charge in [-0.15, -0.1) is 0 Å². The van der Waals surface area contributed by atoms with Crippen molar-refractivity contribution < 1.29 is 29.6 Å². The van der Waals surface area contributed by atoms with Crippen LogP contribution in [0.15, 0.2) is 36.4 Å². The molecule has 2 aromatic carbocycles. The van der Waals surface area contributed by atoms with Gasteiger partial charge in [0.1, 0.15) is 11.5 Å². The van der Waals surface area contributed by atoms with Crippen molar-refractivity contribution in [3.63, 3.8) is 0 Å². The Bertz CT molecular complexity index is 1300. The molecule has 3 fully saturated rings. The summed E-state index contributed by atoms with van der Waals surface area (Å²) in [6.07, 6.45) is 8.03. The molecule has 0 amide bonds. The van der Waals surface area contributed by atoms with Gasteiger partial charge in [0.2, 0.25) is 0 Å². The van der Waals surface area contributed by atoms with Crippen LogP contribution in [0.25, 0.3) is 0 Å². The molecule has 2 saturated carbocycles. The first-order valence-electron chi connectivity index (χ1n) is 16.2. The van der Waals surface area contributed by atoms with Gasteiger partial charge >= 0.3 is 6.16 Å². The van der Waals surface area contributed by atoms with E-state index in [4.69, 9.17) is 26.2 Å². The lowest BCUT2D eigenvalue weighted by molar-refractivity contribution is -0.119. The van der Waals surface area contributed by atoms with Crippen LogP contribution >= 0.6 is 11.6 Å². The number of hydrogen-bond acceptors (Lipinski definition) is 6. The monoisotopic (exact) mass is 611 g/mol. The van der Waals surface area contributed by atoms with E-state index in [0.717, 1.165) is 50.0 Å². The summed E-state index contributed by atoms with van der Waals surface area (Å²) in [5.41, 5.74) is 2.09. The number of nitrogens with zero attached hydrogens (tertiary/aromatic N) is 1. The second-order valence-corrected chi connectivity index (χ2v) is 14.0. The molecule has 7 nitrogen and oxygen atoms in total. The van der Waals surface area contributed by atoms with Crippen molar-refractivity contribution in [3.8, 4) is 11.5 Å². The lowest BCUT2D eigenvalue weighted by atomic mass is 9.49. The van der Waals surface area contributed by atoms with Crippen LogP contribution in [0.2, 0.25) is 5.02 Å². The topological polar surface area (TPSA) is 99.5 Å². The molecule has 1 aliphatic heterocycles. The Kier molecular flexibility index (Phi) is 8.87. The number of aliphatic hydroxyl groups is 1. The molecule has 0 aromatic heterocycles. The number of halogens is 1. The molecule has 0 unspecified atom stereocenters. The number of hydrogen-bond donors (Lipinski definition) is 3. The molecule has 6 rings (SSSR count). The van der Waals surface area contributed by atoms with Crippen molar-refractivity contribution in [1.82, 2.24) is 4.90 Å². The fourth-order valence-electron chi connectivity index (χ4n) is 9.35. The number of aromatic hydroxyl groups is 1. The van der Waals surface area contributed by atoms with Crippen molar-refractivity contribution >= 4 is 17.8 Å². The summed E-state index contributed by atoms with van der Waals surface area (Å²) < 4.78 is 11.0. The summed E-state index contributed by atoms with van der Waals surface area (Å²) in [5, 5.41) is 32.0. The highest BCUT2D eigenvalue weighted by atomic mass is 35.5. The molecule has 1 saturated heterocycles. The van der Waals surface area contributed by atoms with Crippen LogP contribution in [-0.4, -0.2) is 64.8 Å². The summed E-state index contributed by atoms with van der Waals surface area (Å²) in [5.74, 6) is 1.99. The van der Waals surface area contributed by atoms with Gasteiger partial charge in [-0.1, -0.05) is 43.1 Å². The van der Waals surface area contributed by atoms with Crippen LogP contribution in [0.5, 0.6) is 11.5 Å². The van der Waals surface area contributed by atoms with Gasteiger partial charge in [0.15, 0.2) is 0 Å². The number of ether oxygens (including phenoxy) is 2. The van der Waals surface area contributed by atoms with Crippen LogP contribution < -0.4 is 4.74 Å². The molecule has 43 heavy (non-hydrogen) atoms. The van der Waals surface area contributed by atoms with Crippen molar-refractivity contribution in [2.45, 2.75) is 88.6 Å². The number of likely N-dealkylation sites (tertiary alicyclic amines) is 1. The Morgan fingerprint density at radius 2 is 1.84 bits per heavy atom. The SMILES string of the molecule is C[C@]12C[C@H](c3ccc(OCCCN4CCCCC4)cc3)[C@@H]3c4ccc(O)c(Cl)c4CC[C@H]3[C@@H]1CC[C@@]2(O)CCOC(=O)O. The number of carboxylic acid groups (broad SMARTS) is 1. The molecule has 4 aliphatic rings. The zero-order chi connectivity index (χ0) is 30.2. The van der Waals surface area contributed by atoms with Crippen molar-refractivity contribution in [3.05, 3.63) is 58.1 Å². The average molecular weight is 612 g/mol. The standard InChI is InChI=1S/C35H46ClNO6/c1-34-22-28(23-6-8-24(9-7-23)42-20-5-19-37-17-3-2-4-18-37)31-25-12-13-30(38)32(36)26(25)10-11-27(31)29(34)14-15-35(34,41)16-21-43-33(39)40/h6-9,12-13,27-29,31,38,41H,2-5,10-11,14-22H2,1H3,(H,39,40)/t27-,28+,29-,31+,34-,35+/m0/s1. The van der Waals surface area contributed by atoms with Gasteiger partial charge in [0.25, 0.3) is 0 Å². The van der Waals surface area contributed by atoms with Crippen LogP contribution in [-0.2, 0) is 11.2 Å². The zero-order valence-corrected chi connectivity index (χ0v) is 26.0. The largest absolute Gasteiger partial charge is 0.506 e. The van der Waals surface area contributed by atoms with Crippen LogP contribution in [0, 0.1) is 17.3 Å².